The lowest BCUT2D eigenvalue weighted by Gasteiger charge is -2.70. The molecule has 5 fully saturated rings. The number of ketones is 1. The topological polar surface area (TPSA) is 111 Å². The van der Waals surface area contributed by atoms with Crippen LogP contribution in [0.3, 0.4) is 0 Å². The van der Waals surface area contributed by atoms with Gasteiger partial charge >= 0.3 is 11.9 Å². The highest BCUT2D eigenvalue weighted by atomic mass is 16.6. The summed E-state index contributed by atoms with van der Waals surface area (Å²) in [6.45, 7) is 24.8. The Morgan fingerprint density at radius 3 is 2.28 bits per heavy atom. The summed E-state index contributed by atoms with van der Waals surface area (Å²) in [4.78, 5) is 41.1. The maximum absolute atomic E-state index is 14.9. The summed E-state index contributed by atoms with van der Waals surface area (Å²) in [6, 6.07) is 0.507. The van der Waals surface area contributed by atoms with Gasteiger partial charge in [-0.2, -0.15) is 0 Å². The van der Waals surface area contributed by atoms with Crippen molar-refractivity contribution in [1.29, 1.82) is 0 Å². The molecule has 1 heterocycles. The zero-order valence-electron chi connectivity index (χ0n) is 32.9. The van der Waals surface area contributed by atoms with Crippen molar-refractivity contribution in [3.05, 3.63) is 11.6 Å². The Bertz CT molecular complexity index is 1400. The van der Waals surface area contributed by atoms with E-state index < -0.39 is 45.1 Å². The Labute approximate surface area is 301 Å². The minimum absolute atomic E-state index is 0.0412. The molecule has 0 aromatic heterocycles. The highest BCUT2D eigenvalue weighted by Crippen LogP contribution is 2.74. The van der Waals surface area contributed by atoms with Gasteiger partial charge in [-0.1, -0.05) is 74.3 Å². The highest BCUT2D eigenvalue weighted by Gasteiger charge is 2.74. The van der Waals surface area contributed by atoms with Gasteiger partial charge in [0.2, 0.25) is 0 Å². The van der Waals surface area contributed by atoms with E-state index in [2.05, 4.69) is 67.6 Å². The molecule has 6 aliphatic rings. The number of hydrogen-bond donors (Lipinski definition) is 2. The lowest BCUT2D eigenvalue weighted by Crippen LogP contribution is -2.71. The largest absolute Gasteiger partial charge is 0.481 e. The third-order valence-corrected chi connectivity index (χ3v) is 16.7. The molecule has 1 saturated heterocycles. The molecule has 0 aromatic carbocycles. The van der Waals surface area contributed by atoms with E-state index in [0.717, 1.165) is 31.3 Å². The average Bonchev–Trinajstić information content (AvgIpc) is 2.99. The lowest BCUT2D eigenvalue weighted by atomic mass is 9.34. The summed E-state index contributed by atoms with van der Waals surface area (Å²) >= 11 is 0. The Balaban J connectivity index is 1.40. The second kappa shape index (κ2) is 12.7. The summed E-state index contributed by atoms with van der Waals surface area (Å²) in [5, 5.41) is 14.9. The lowest BCUT2D eigenvalue weighted by molar-refractivity contribution is -0.268. The molecule has 0 aromatic rings. The Hall–Kier alpha value is -1.77. The van der Waals surface area contributed by atoms with Crippen molar-refractivity contribution in [3.63, 3.8) is 0 Å². The average molecular weight is 698 g/mol. The molecule has 0 amide bonds. The third-order valence-electron chi connectivity index (χ3n) is 16.7. The third kappa shape index (κ3) is 5.33. The van der Waals surface area contributed by atoms with Crippen molar-refractivity contribution in [2.24, 2.45) is 62.6 Å². The summed E-state index contributed by atoms with van der Waals surface area (Å²) in [7, 11) is 0. The molecule has 8 heteroatoms. The number of ether oxygens (including phenoxy) is 3. The molecule has 8 nitrogen and oxygen atoms in total. The van der Waals surface area contributed by atoms with E-state index in [0.29, 0.717) is 44.1 Å². The van der Waals surface area contributed by atoms with Crippen LogP contribution in [0, 0.1) is 62.6 Å². The molecule has 4 saturated carbocycles. The molecule has 6 rings (SSSR count). The molecule has 2 N–H and O–H groups in total. The summed E-state index contributed by atoms with van der Waals surface area (Å²) < 4.78 is 19.9. The van der Waals surface area contributed by atoms with Gasteiger partial charge < -0.3 is 24.6 Å². The summed E-state index contributed by atoms with van der Waals surface area (Å²) in [5.74, 6) is -1.02. The summed E-state index contributed by atoms with van der Waals surface area (Å²) in [6.07, 6.45) is 8.62. The standard InChI is InChI=1S/C42H67NO7/c1-24(2)26(5)37(7)17-18-39(9)29-15-16-32-38(8)21-48-23-42(32,30(29)19-33(45)41(39,11)34(37)36(46)47)20-31(50-27(6)44)35(38)49-22-40(10,25(3)4)43-28-13-12-14-28/h19,24-26,28-29,31-32,34-35,43H,12-18,20-23H2,1-11H3,(H,46,47)/t26-,29+,31-,32+,34-,35+,37-,38-,39-,40+,41+,42+/m1/s1. The van der Waals surface area contributed by atoms with Crippen LogP contribution in [0.25, 0.3) is 0 Å². The van der Waals surface area contributed by atoms with Crippen molar-refractivity contribution in [3.8, 4) is 0 Å². The predicted octanol–water partition coefficient (Wildman–Crippen LogP) is 7.63. The predicted molar refractivity (Wildman–Crippen MR) is 193 cm³/mol. The van der Waals surface area contributed by atoms with E-state index in [4.69, 9.17) is 14.2 Å². The first kappa shape index (κ1) is 38.0. The monoisotopic (exact) mass is 697 g/mol. The van der Waals surface area contributed by atoms with Crippen LogP contribution in [0.2, 0.25) is 0 Å². The van der Waals surface area contributed by atoms with Gasteiger partial charge in [-0.3, -0.25) is 14.4 Å². The van der Waals surface area contributed by atoms with Crippen LogP contribution >= 0.6 is 0 Å². The number of rotatable bonds is 10. The van der Waals surface area contributed by atoms with Crippen LogP contribution in [-0.2, 0) is 28.6 Å². The van der Waals surface area contributed by atoms with Crippen LogP contribution in [0.1, 0.15) is 128 Å². The fourth-order valence-corrected chi connectivity index (χ4v) is 12.6. The SMILES string of the molecule is CC(=O)O[C@@H]1C[C@@]23COC[C@](C)([C@@H]2CC[C@H]2C3=CC(=O)[C@@]3(C)[C@H](C(=O)O)[C@@](C)([C@H](C)C(C)C)CC[C@]23C)[C@H]1OC[C@](C)(NC1CCC1)C(C)C. The number of carboxylic acid groups (broad SMARTS) is 1. The maximum Gasteiger partial charge on any atom is 0.308 e. The first-order valence-electron chi connectivity index (χ1n) is 19.8. The van der Waals surface area contributed by atoms with Crippen molar-refractivity contribution in [1.82, 2.24) is 5.32 Å². The van der Waals surface area contributed by atoms with E-state index in [1.807, 2.05) is 13.0 Å². The molecule has 0 spiro atoms. The van der Waals surface area contributed by atoms with Gasteiger partial charge in [0.25, 0.3) is 0 Å². The van der Waals surface area contributed by atoms with Crippen LogP contribution in [0.5, 0.6) is 0 Å². The summed E-state index contributed by atoms with van der Waals surface area (Å²) in [5.41, 5.74) is -2.14. The quantitative estimate of drug-likeness (QED) is 0.224. The molecular weight excluding hydrogens is 630 g/mol. The smallest absolute Gasteiger partial charge is 0.308 e. The Morgan fingerprint density at radius 2 is 1.72 bits per heavy atom. The Morgan fingerprint density at radius 1 is 1.04 bits per heavy atom. The van der Waals surface area contributed by atoms with Crippen LogP contribution in [0.4, 0.5) is 0 Å². The van der Waals surface area contributed by atoms with Gasteiger partial charge in [0, 0.05) is 34.7 Å². The minimum atomic E-state index is -1.05. The number of aliphatic carboxylic acids is 1. The molecule has 50 heavy (non-hydrogen) atoms. The number of esters is 1. The molecule has 2 bridgehead atoms. The fourth-order valence-electron chi connectivity index (χ4n) is 12.6. The molecule has 0 unspecified atom stereocenters. The van der Waals surface area contributed by atoms with Crippen LogP contribution in [-0.4, -0.2) is 66.4 Å². The van der Waals surface area contributed by atoms with Gasteiger partial charge in [-0.15, -0.1) is 0 Å². The molecule has 12 atom stereocenters. The second-order valence-corrected chi connectivity index (χ2v) is 19.7. The number of carbonyl (C=O) groups is 3. The first-order valence-corrected chi connectivity index (χ1v) is 19.8. The molecule has 5 aliphatic carbocycles. The Kier molecular flexibility index (Phi) is 9.63. The zero-order chi connectivity index (χ0) is 36.8. The molecule has 1 aliphatic heterocycles. The zero-order valence-corrected chi connectivity index (χ0v) is 32.9. The van der Waals surface area contributed by atoms with Gasteiger partial charge in [-0.25, -0.2) is 0 Å². The number of carboxylic acids is 1. The number of carbonyl (C=O) groups excluding carboxylic acids is 2. The number of fused-ring (bicyclic) bond motifs is 3. The van der Waals surface area contributed by atoms with Crippen LogP contribution < -0.4 is 5.32 Å². The van der Waals surface area contributed by atoms with Crippen molar-refractivity contribution >= 4 is 17.7 Å². The fraction of sp³-hybridized carbons (Fsp3) is 0.881. The van der Waals surface area contributed by atoms with E-state index in [-0.39, 0.29) is 41.1 Å². The van der Waals surface area contributed by atoms with Gasteiger partial charge in [0.15, 0.2) is 5.78 Å². The van der Waals surface area contributed by atoms with Crippen molar-refractivity contribution < 1.29 is 33.7 Å². The number of nitrogens with one attached hydrogen (secondary N) is 1. The van der Waals surface area contributed by atoms with Crippen molar-refractivity contribution in [2.75, 3.05) is 19.8 Å². The van der Waals surface area contributed by atoms with E-state index >= 15 is 0 Å². The minimum Gasteiger partial charge on any atom is -0.481 e. The second-order valence-electron chi connectivity index (χ2n) is 19.7. The van der Waals surface area contributed by atoms with Gasteiger partial charge in [0.05, 0.1) is 25.7 Å². The van der Waals surface area contributed by atoms with Gasteiger partial charge in [-0.05, 0) is 98.4 Å². The van der Waals surface area contributed by atoms with E-state index in [1.54, 1.807) is 0 Å². The van der Waals surface area contributed by atoms with Crippen molar-refractivity contribution in [2.45, 2.75) is 151 Å². The first-order chi connectivity index (χ1) is 23.2. The normalized spacial score (nSPS) is 44.6. The number of allylic oxidation sites excluding steroid dienone is 1. The van der Waals surface area contributed by atoms with Crippen LogP contribution in [0.15, 0.2) is 11.6 Å². The molecule has 282 valence electrons. The van der Waals surface area contributed by atoms with E-state index in [1.165, 1.54) is 26.2 Å². The molecular formula is C42H67NO7. The molecule has 0 radical (unpaired) electrons. The number of hydrogen-bond acceptors (Lipinski definition) is 7. The van der Waals surface area contributed by atoms with E-state index in [9.17, 15) is 19.5 Å². The highest BCUT2D eigenvalue weighted by molar-refractivity contribution is 6.00. The van der Waals surface area contributed by atoms with Gasteiger partial charge in [0.1, 0.15) is 12.2 Å². The maximum atomic E-state index is 14.9.